The van der Waals surface area contributed by atoms with Gasteiger partial charge in [-0.2, -0.15) is 52.7 Å². The third kappa shape index (κ3) is 3.37. The molecule has 0 aromatic carbocycles. The summed E-state index contributed by atoms with van der Waals surface area (Å²) in [6.07, 6.45) is -5.86. The van der Waals surface area contributed by atoms with E-state index in [-0.39, 0.29) is 18.9 Å². The summed E-state index contributed by atoms with van der Waals surface area (Å²) >= 11 is 0. The van der Waals surface area contributed by atoms with Gasteiger partial charge in [0.05, 0.1) is 0 Å². The SMILES string of the molecule is O=S(=O)([O-])C(F)(F)C(F)(F)C(F)(F)C(F)(F)C(F)(F)C(F)(F)C(F)F.[Li+]. The zero-order valence-corrected chi connectivity index (χ0v) is 12.3. The zero-order chi connectivity index (χ0) is 21.1. The molecule has 26 heavy (non-hydrogen) atoms. The number of halogens is 14. The molecule has 0 saturated heterocycles. The third-order valence-electron chi connectivity index (χ3n) is 2.56. The van der Waals surface area contributed by atoms with Crippen molar-refractivity contribution in [2.75, 3.05) is 0 Å². The minimum Gasteiger partial charge on any atom is -0.743 e. The Labute approximate surface area is 145 Å². The Morgan fingerprint density at radius 1 is 0.615 bits per heavy atom. The van der Waals surface area contributed by atoms with Crippen LogP contribution in [0.15, 0.2) is 0 Å². The fourth-order valence-corrected chi connectivity index (χ4v) is 1.52. The molecule has 0 N–H and O–H groups in total. The van der Waals surface area contributed by atoms with Gasteiger partial charge < -0.3 is 4.55 Å². The van der Waals surface area contributed by atoms with Crippen LogP contribution in [-0.2, 0) is 10.1 Å². The first-order valence-corrected chi connectivity index (χ1v) is 6.36. The first kappa shape index (κ1) is 27.7. The second-order valence-corrected chi connectivity index (χ2v) is 5.61. The minimum absolute atomic E-state index is 0. The number of rotatable bonds is 7. The van der Waals surface area contributed by atoms with E-state index in [2.05, 4.69) is 0 Å². The molecule has 0 aliphatic heterocycles. The van der Waals surface area contributed by atoms with Crippen molar-refractivity contribution in [2.45, 2.75) is 41.3 Å². The smallest absolute Gasteiger partial charge is 0.743 e. The van der Waals surface area contributed by atoms with Gasteiger partial charge in [0.2, 0.25) is 0 Å². The van der Waals surface area contributed by atoms with E-state index < -0.39 is 51.4 Å². The summed E-state index contributed by atoms with van der Waals surface area (Å²) in [5.74, 6) is -40.5. The molecule has 0 saturated carbocycles. The van der Waals surface area contributed by atoms with Crippen LogP contribution in [0.2, 0.25) is 0 Å². The molecule has 0 aliphatic carbocycles. The first-order chi connectivity index (χ1) is 10.4. The topological polar surface area (TPSA) is 57.2 Å². The Morgan fingerprint density at radius 3 is 1.12 bits per heavy atom. The van der Waals surface area contributed by atoms with E-state index in [0.717, 1.165) is 0 Å². The molecular formula is C7HF14LiO3S. The Hall–Kier alpha value is -0.473. The average Bonchev–Trinajstić information content (AvgIpc) is 2.35. The molecule has 0 aromatic rings. The summed E-state index contributed by atoms with van der Waals surface area (Å²) < 4.78 is 205. The third-order valence-corrected chi connectivity index (χ3v) is 3.44. The van der Waals surface area contributed by atoms with E-state index in [1.54, 1.807) is 0 Å². The maximum atomic E-state index is 12.9. The van der Waals surface area contributed by atoms with Crippen LogP contribution in [-0.4, -0.2) is 54.3 Å². The quantitative estimate of drug-likeness (QED) is 0.332. The first-order valence-electron chi connectivity index (χ1n) is 4.95. The van der Waals surface area contributed by atoms with Gasteiger partial charge in [-0.05, 0) is 0 Å². The summed E-state index contributed by atoms with van der Waals surface area (Å²) in [6, 6.07) is 0. The van der Waals surface area contributed by atoms with Crippen LogP contribution in [0.3, 0.4) is 0 Å². The van der Waals surface area contributed by atoms with Gasteiger partial charge in [0.25, 0.3) is 0 Å². The number of alkyl halides is 14. The summed E-state index contributed by atoms with van der Waals surface area (Å²) in [6.45, 7) is 0. The molecule has 0 aliphatic rings. The van der Waals surface area contributed by atoms with Crippen molar-refractivity contribution in [3.8, 4) is 0 Å². The molecule has 0 rings (SSSR count). The van der Waals surface area contributed by atoms with Crippen molar-refractivity contribution < 1.29 is 93.3 Å². The molecule has 0 amide bonds. The normalized spacial score (nSPS) is 15.8. The van der Waals surface area contributed by atoms with Crippen LogP contribution in [0.1, 0.15) is 0 Å². The van der Waals surface area contributed by atoms with Gasteiger partial charge in [-0.15, -0.1) is 0 Å². The minimum atomic E-state index is -8.40. The summed E-state index contributed by atoms with van der Waals surface area (Å²) in [5.41, 5.74) is 0. The molecule has 0 atom stereocenters. The zero-order valence-electron chi connectivity index (χ0n) is 11.5. The monoisotopic (exact) mass is 438 g/mol. The van der Waals surface area contributed by atoms with E-state index in [1.165, 1.54) is 0 Å². The molecule has 0 spiro atoms. The Morgan fingerprint density at radius 2 is 0.885 bits per heavy atom. The Bertz CT molecular complexity index is 614. The van der Waals surface area contributed by atoms with Gasteiger partial charge in [0.1, 0.15) is 0 Å². The van der Waals surface area contributed by atoms with Gasteiger partial charge in [0.15, 0.2) is 10.1 Å². The van der Waals surface area contributed by atoms with Crippen molar-refractivity contribution in [1.29, 1.82) is 0 Å². The van der Waals surface area contributed by atoms with Crippen LogP contribution < -0.4 is 18.9 Å². The summed E-state index contributed by atoms with van der Waals surface area (Å²) in [7, 11) is -7.93. The van der Waals surface area contributed by atoms with Crippen molar-refractivity contribution in [3.63, 3.8) is 0 Å². The van der Waals surface area contributed by atoms with Crippen LogP contribution in [0, 0.1) is 0 Å². The average molecular weight is 438 g/mol. The van der Waals surface area contributed by atoms with E-state index in [1.807, 2.05) is 0 Å². The van der Waals surface area contributed by atoms with Gasteiger partial charge in [0, 0.05) is 0 Å². The van der Waals surface area contributed by atoms with E-state index >= 15 is 0 Å². The van der Waals surface area contributed by atoms with E-state index in [4.69, 9.17) is 0 Å². The molecule has 152 valence electrons. The molecule has 19 heteroatoms. The van der Waals surface area contributed by atoms with Gasteiger partial charge in [-0.3, -0.25) is 0 Å². The second-order valence-electron chi connectivity index (χ2n) is 4.19. The van der Waals surface area contributed by atoms with Crippen LogP contribution in [0.25, 0.3) is 0 Å². The van der Waals surface area contributed by atoms with Crippen molar-refractivity contribution in [2.24, 2.45) is 0 Å². The maximum Gasteiger partial charge on any atom is 1.00 e. The van der Waals surface area contributed by atoms with E-state index in [0.29, 0.717) is 0 Å². The Balaban J connectivity index is 0. The fraction of sp³-hybridized carbons (Fsp3) is 1.00. The molecule has 0 unspecified atom stereocenters. The van der Waals surface area contributed by atoms with Crippen LogP contribution in [0.5, 0.6) is 0 Å². The second kappa shape index (κ2) is 6.85. The van der Waals surface area contributed by atoms with Crippen LogP contribution >= 0.6 is 0 Å². The van der Waals surface area contributed by atoms with Gasteiger partial charge in [-0.1, -0.05) is 0 Å². The molecule has 3 nitrogen and oxygen atoms in total. The number of hydrogen-bond acceptors (Lipinski definition) is 3. The molecule has 0 radical (unpaired) electrons. The molecule has 0 heterocycles. The van der Waals surface area contributed by atoms with Gasteiger partial charge in [-0.25, -0.2) is 17.2 Å². The Kier molecular flexibility index (Phi) is 7.31. The standard InChI is InChI=1S/C7H2F14O3S.Li/c8-1(9)2(10,11)3(12,13)4(14,15)5(16,17)6(18,19)7(20,21)25(22,23)24;/h1H,(H,22,23,24);/q;+1/p-1. The van der Waals surface area contributed by atoms with Gasteiger partial charge >= 0.3 is 60.2 Å². The van der Waals surface area contributed by atoms with Crippen molar-refractivity contribution >= 4 is 10.1 Å². The van der Waals surface area contributed by atoms with E-state index in [9.17, 15) is 74.4 Å². The number of hydrogen-bond donors (Lipinski definition) is 0. The summed E-state index contributed by atoms with van der Waals surface area (Å²) in [4.78, 5) is 0. The van der Waals surface area contributed by atoms with Crippen molar-refractivity contribution in [1.82, 2.24) is 0 Å². The maximum absolute atomic E-state index is 12.9. The summed E-state index contributed by atoms with van der Waals surface area (Å²) in [5, 5.41) is -7.71. The molecule has 0 bridgehead atoms. The van der Waals surface area contributed by atoms with Crippen molar-refractivity contribution in [3.05, 3.63) is 0 Å². The molecule has 0 fully saturated rings. The predicted molar refractivity (Wildman–Crippen MR) is 45.4 cm³/mol. The molecule has 0 aromatic heterocycles. The largest absolute Gasteiger partial charge is 1.00 e. The fourth-order valence-electron chi connectivity index (χ4n) is 1.08. The molecular weight excluding hydrogens is 437 g/mol. The van der Waals surface area contributed by atoms with Crippen LogP contribution in [0.4, 0.5) is 61.5 Å². The predicted octanol–water partition coefficient (Wildman–Crippen LogP) is 0.570.